The molecule has 1 aliphatic heterocycles. The molecule has 0 bridgehead atoms. The summed E-state index contributed by atoms with van der Waals surface area (Å²) in [5.74, 6) is 0.290. The average molecular weight is 406 g/mol. The number of rotatable bonds is 4. The molecule has 0 radical (unpaired) electrons. The number of carbonyl (C=O) groups is 1. The van der Waals surface area contributed by atoms with Crippen molar-refractivity contribution >= 4 is 21.9 Å². The van der Waals surface area contributed by atoms with E-state index < -0.39 is 15.9 Å². The van der Waals surface area contributed by atoms with Crippen molar-refractivity contribution in [3.05, 3.63) is 45.9 Å². The third-order valence-electron chi connectivity index (χ3n) is 4.45. The summed E-state index contributed by atoms with van der Waals surface area (Å²) in [6.45, 7) is 4.07. The summed E-state index contributed by atoms with van der Waals surface area (Å²) in [6.07, 6.45) is 0.345. The summed E-state index contributed by atoms with van der Waals surface area (Å²) in [6, 6.07) is 5.99. The molecule has 0 saturated heterocycles. The van der Waals surface area contributed by atoms with Crippen LogP contribution in [0.25, 0.3) is 5.69 Å². The van der Waals surface area contributed by atoms with Crippen LogP contribution in [0.1, 0.15) is 25.1 Å². The van der Waals surface area contributed by atoms with Gasteiger partial charge in [0.15, 0.2) is 9.84 Å². The zero-order valence-electron chi connectivity index (χ0n) is 15.8. The van der Waals surface area contributed by atoms with Crippen LogP contribution in [0.2, 0.25) is 0 Å². The van der Waals surface area contributed by atoms with Crippen molar-refractivity contribution in [3.8, 4) is 5.69 Å². The first-order chi connectivity index (χ1) is 13.1. The standard InChI is InChI=1S/C18H22N4O5S/c1-11(2)19-17-20-15-10-21(18(24)25)9-8-14(15)16(23)22(17)12-4-6-13(7-5-12)28(3,26)27/h4-7,11H,8-10H2,1-3H3,(H,19,20)(H,24,25). The number of anilines is 1. The van der Waals surface area contributed by atoms with Crippen molar-refractivity contribution in [2.45, 2.75) is 37.8 Å². The minimum absolute atomic E-state index is 0.0225. The predicted molar refractivity (Wildman–Crippen MR) is 104 cm³/mol. The quantitative estimate of drug-likeness (QED) is 0.789. The summed E-state index contributed by atoms with van der Waals surface area (Å²) in [5.41, 5.74) is 1.10. The van der Waals surface area contributed by atoms with Gasteiger partial charge in [0.2, 0.25) is 5.95 Å². The fourth-order valence-electron chi connectivity index (χ4n) is 3.09. The Labute approximate surface area is 162 Å². The van der Waals surface area contributed by atoms with Crippen LogP contribution in [0.3, 0.4) is 0 Å². The van der Waals surface area contributed by atoms with Crippen molar-refractivity contribution in [2.24, 2.45) is 0 Å². The molecule has 1 amide bonds. The molecule has 1 aromatic carbocycles. The van der Waals surface area contributed by atoms with Crippen LogP contribution < -0.4 is 10.9 Å². The maximum absolute atomic E-state index is 13.2. The Bertz CT molecular complexity index is 1070. The number of hydrogen-bond acceptors (Lipinski definition) is 6. The van der Waals surface area contributed by atoms with Crippen molar-refractivity contribution < 1.29 is 18.3 Å². The van der Waals surface area contributed by atoms with Gasteiger partial charge in [-0.25, -0.2) is 22.8 Å². The van der Waals surface area contributed by atoms with Gasteiger partial charge in [-0.2, -0.15) is 0 Å². The number of carboxylic acid groups (broad SMARTS) is 1. The number of hydrogen-bond donors (Lipinski definition) is 2. The number of nitrogens with zero attached hydrogens (tertiary/aromatic N) is 3. The van der Waals surface area contributed by atoms with Gasteiger partial charge in [-0.3, -0.25) is 4.79 Å². The molecule has 28 heavy (non-hydrogen) atoms. The summed E-state index contributed by atoms with van der Waals surface area (Å²) < 4.78 is 24.8. The summed E-state index contributed by atoms with van der Waals surface area (Å²) in [7, 11) is -3.35. The Hall–Kier alpha value is -2.88. The topological polar surface area (TPSA) is 122 Å². The van der Waals surface area contributed by atoms with E-state index >= 15 is 0 Å². The van der Waals surface area contributed by atoms with E-state index in [2.05, 4.69) is 10.3 Å². The number of fused-ring (bicyclic) bond motifs is 1. The molecule has 0 saturated carbocycles. The molecule has 0 unspecified atom stereocenters. The molecule has 10 heteroatoms. The third-order valence-corrected chi connectivity index (χ3v) is 5.57. The Morgan fingerprint density at radius 1 is 1.25 bits per heavy atom. The number of aromatic nitrogens is 2. The molecule has 150 valence electrons. The maximum Gasteiger partial charge on any atom is 0.407 e. The lowest BCUT2D eigenvalue weighted by atomic mass is 10.1. The highest BCUT2D eigenvalue weighted by molar-refractivity contribution is 7.90. The van der Waals surface area contributed by atoms with Gasteiger partial charge in [0.05, 0.1) is 22.8 Å². The van der Waals surface area contributed by atoms with Gasteiger partial charge < -0.3 is 15.3 Å². The molecule has 0 spiro atoms. The molecular formula is C18H22N4O5S. The molecule has 0 aliphatic carbocycles. The maximum atomic E-state index is 13.2. The van der Waals surface area contributed by atoms with E-state index in [1.807, 2.05) is 13.8 Å². The van der Waals surface area contributed by atoms with E-state index in [4.69, 9.17) is 0 Å². The van der Waals surface area contributed by atoms with Gasteiger partial charge in [0, 0.05) is 24.4 Å². The lowest BCUT2D eigenvalue weighted by Crippen LogP contribution is -2.40. The van der Waals surface area contributed by atoms with Crippen LogP contribution in [-0.4, -0.2) is 52.9 Å². The first kappa shape index (κ1) is 19.9. The van der Waals surface area contributed by atoms with Crippen LogP contribution in [0, 0.1) is 0 Å². The Morgan fingerprint density at radius 3 is 2.43 bits per heavy atom. The van der Waals surface area contributed by atoms with Crippen LogP contribution in [-0.2, 0) is 22.8 Å². The second-order valence-electron chi connectivity index (χ2n) is 7.02. The molecule has 2 N–H and O–H groups in total. The molecule has 1 aromatic heterocycles. The average Bonchev–Trinajstić information content (AvgIpc) is 2.60. The Morgan fingerprint density at radius 2 is 1.89 bits per heavy atom. The van der Waals surface area contributed by atoms with Crippen LogP contribution in [0.4, 0.5) is 10.7 Å². The highest BCUT2D eigenvalue weighted by Crippen LogP contribution is 2.21. The van der Waals surface area contributed by atoms with Crippen molar-refractivity contribution in [2.75, 3.05) is 18.1 Å². The highest BCUT2D eigenvalue weighted by Gasteiger charge is 2.26. The SMILES string of the molecule is CC(C)Nc1nc2c(c(=O)n1-c1ccc(S(C)(=O)=O)cc1)CCN(C(=O)O)C2. The normalized spacial score (nSPS) is 14.1. The molecule has 1 aliphatic rings. The minimum atomic E-state index is -3.35. The summed E-state index contributed by atoms with van der Waals surface area (Å²) in [5, 5.41) is 12.3. The van der Waals surface area contributed by atoms with Crippen molar-refractivity contribution in [3.63, 3.8) is 0 Å². The van der Waals surface area contributed by atoms with E-state index in [1.165, 1.54) is 21.6 Å². The fraction of sp³-hybridized carbons (Fsp3) is 0.389. The van der Waals surface area contributed by atoms with Crippen molar-refractivity contribution in [1.29, 1.82) is 0 Å². The first-order valence-corrected chi connectivity index (χ1v) is 10.7. The molecular weight excluding hydrogens is 384 g/mol. The van der Waals surface area contributed by atoms with Crippen LogP contribution in [0.5, 0.6) is 0 Å². The van der Waals surface area contributed by atoms with Crippen LogP contribution in [0.15, 0.2) is 34.0 Å². The summed E-state index contributed by atoms with van der Waals surface area (Å²) in [4.78, 5) is 30.3. The third kappa shape index (κ3) is 3.86. The second-order valence-corrected chi connectivity index (χ2v) is 9.04. The lowest BCUT2D eigenvalue weighted by molar-refractivity contribution is 0.139. The monoisotopic (exact) mass is 406 g/mol. The first-order valence-electron chi connectivity index (χ1n) is 8.77. The highest BCUT2D eigenvalue weighted by atomic mass is 32.2. The number of amides is 1. The Balaban J connectivity index is 2.15. The number of nitrogens with one attached hydrogen (secondary N) is 1. The summed E-state index contributed by atoms with van der Waals surface area (Å²) >= 11 is 0. The van der Waals surface area contributed by atoms with Gasteiger partial charge in [0.1, 0.15) is 0 Å². The van der Waals surface area contributed by atoms with Crippen molar-refractivity contribution in [1.82, 2.24) is 14.5 Å². The lowest BCUT2D eigenvalue weighted by Gasteiger charge is -2.27. The zero-order chi connectivity index (χ0) is 20.6. The van der Waals surface area contributed by atoms with E-state index in [9.17, 15) is 23.1 Å². The molecule has 0 fully saturated rings. The number of sulfone groups is 1. The molecule has 9 nitrogen and oxygen atoms in total. The predicted octanol–water partition coefficient (Wildman–Crippen LogP) is 1.49. The van der Waals surface area contributed by atoms with Gasteiger partial charge in [0.25, 0.3) is 5.56 Å². The fourth-order valence-corrected chi connectivity index (χ4v) is 3.72. The minimum Gasteiger partial charge on any atom is -0.465 e. The zero-order valence-corrected chi connectivity index (χ0v) is 16.7. The molecule has 2 heterocycles. The largest absolute Gasteiger partial charge is 0.465 e. The van der Waals surface area contributed by atoms with Gasteiger partial charge >= 0.3 is 6.09 Å². The van der Waals surface area contributed by atoms with E-state index in [0.717, 1.165) is 6.26 Å². The van der Waals surface area contributed by atoms with E-state index in [-0.39, 0.29) is 42.0 Å². The van der Waals surface area contributed by atoms with E-state index in [1.54, 1.807) is 12.1 Å². The molecule has 2 aromatic rings. The molecule has 0 atom stereocenters. The van der Waals surface area contributed by atoms with Gasteiger partial charge in [-0.05, 0) is 44.5 Å². The molecule has 3 rings (SSSR count). The van der Waals surface area contributed by atoms with Gasteiger partial charge in [-0.1, -0.05) is 0 Å². The van der Waals surface area contributed by atoms with E-state index in [0.29, 0.717) is 16.9 Å². The van der Waals surface area contributed by atoms with Crippen LogP contribution >= 0.6 is 0 Å². The number of benzene rings is 1. The second kappa shape index (κ2) is 7.27. The van der Waals surface area contributed by atoms with Gasteiger partial charge in [-0.15, -0.1) is 0 Å². The Kier molecular flexibility index (Phi) is 5.16. The smallest absolute Gasteiger partial charge is 0.407 e.